The fourth-order valence-corrected chi connectivity index (χ4v) is 5.97. The summed E-state index contributed by atoms with van der Waals surface area (Å²) in [5.74, 6) is -4.13. The van der Waals surface area contributed by atoms with Crippen molar-refractivity contribution in [3.8, 4) is 5.75 Å². The Morgan fingerprint density at radius 1 is 0.579 bits per heavy atom. The predicted molar refractivity (Wildman–Crippen MR) is 212 cm³/mol. The lowest BCUT2D eigenvalue weighted by Gasteiger charge is -2.26. The highest BCUT2D eigenvalue weighted by molar-refractivity contribution is 6.09. The molecule has 14 N–H and O–H groups in total. The summed E-state index contributed by atoms with van der Waals surface area (Å²) >= 11 is 0. The van der Waals surface area contributed by atoms with Crippen LogP contribution in [0, 0.1) is 0 Å². The van der Waals surface area contributed by atoms with E-state index in [1.165, 1.54) is 12.1 Å². The molecule has 1 fully saturated rings. The van der Waals surface area contributed by atoms with Crippen molar-refractivity contribution < 1.29 is 33.9 Å². The van der Waals surface area contributed by atoms with E-state index in [-0.39, 0.29) is 75.1 Å². The number of phenols is 1. The smallest absolute Gasteiger partial charge is 0.243 e. The SMILES string of the molecule is NC(N)=NCCC[C@@H]1NC(=O)[C@H](CCCN=C(N)N)NC(=O)[C@@H](Cc2ccc(O)cc2)NC(=O)CNC(=O)[C@H](Cc2ccc(C(=O)c3ccccc3)cc2)NC1=O. The molecule has 3 aromatic rings. The molecule has 0 unspecified atom stereocenters. The molecule has 18 nitrogen and oxygen atoms in total. The largest absolute Gasteiger partial charge is 0.508 e. The predicted octanol–water partition coefficient (Wildman–Crippen LogP) is -1.42. The van der Waals surface area contributed by atoms with E-state index in [1.54, 1.807) is 66.7 Å². The van der Waals surface area contributed by atoms with Crippen LogP contribution in [-0.2, 0) is 36.8 Å². The monoisotopic (exact) mass is 783 g/mol. The maximum atomic E-state index is 14.0. The number of hydrogen-bond donors (Lipinski definition) is 10. The zero-order valence-corrected chi connectivity index (χ0v) is 31.3. The Hall–Kier alpha value is -6.98. The average molecular weight is 784 g/mol. The number of carbonyl (C=O) groups excluding carboxylic acids is 6. The molecular formula is C39H49N11O7. The summed E-state index contributed by atoms with van der Waals surface area (Å²) in [5, 5.41) is 23.1. The minimum Gasteiger partial charge on any atom is -0.508 e. The second-order valence-corrected chi connectivity index (χ2v) is 13.4. The van der Waals surface area contributed by atoms with E-state index in [0.717, 1.165) is 0 Å². The summed E-state index contributed by atoms with van der Waals surface area (Å²) < 4.78 is 0. The molecule has 18 heteroatoms. The number of guanidine groups is 2. The molecular weight excluding hydrogens is 734 g/mol. The molecule has 0 bridgehead atoms. The maximum absolute atomic E-state index is 14.0. The van der Waals surface area contributed by atoms with Crippen LogP contribution in [0.5, 0.6) is 5.75 Å². The van der Waals surface area contributed by atoms with Gasteiger partial charge in [0.05, 0.1) is 6.54 Å². The van der Waals surface area contributed by atoms with Crippen LogP contribution in [-0.4, -0.2) is 96.1 Å². The first-order valence-electron chi connectivity index (χ1n) is 18.3. The van der Waals surface area contributed by atoms with Crippen molar-refractivity contribution in [1.29, 1.82) is 0 Å². The molecule has 0 aliphatic carbocycles. The third kappa shape index (κ3) is 14.0. The summed E-state index contributed by atoms with van der Waals surface area (Å²) in [7, 11) is 0. The molecule has 0 radical (unpaired) electrons. The number of hydrogen-bond acceptors (Lipinski definition) is 9. The van der Waals surface area contributed by atoms with Crippen molar-refractivity contribution in [2.75, 3.05) is 19.6 Å². The van der Waals surface area contributed by atoms with Crippen molar-refractivity contribution in [3.05, 3.63) is 101 Å². The molecule has 57 heavy (non-hydrogen) atoms. The van der Waals surface area contributed by atoms with E-state index < -0.39 is 60.2 Å². The van der Waals surface area contributed by atoms with Crippen LogP contribution in [0.25, 0.3) is 0 Å². The Morgan fingerprint density at radius 2 is 1.02 bits per heavy atom. The Kier molecular flexibility index (Phi) is 15.9. The quantitative estimate of drug-likeness (QED) is 0.0392. The van der Waals surface area contributed by atoms with Crippen molar-refractivity contribution in [1.82, 2.24) is 26.6 Å². The minimum atomic E-state index is -1.24. The maximum Gasteiger partial charge on any atom is 0.243 e. The van der Waals surface area contributed by atoms with Gasteiger partial charge in [-0.15, -0.1) is 0 Å². The van der Waals surface area contributed by atoms with Gasteiger partial charge in [-0.05, 0) is 48.9 Å². The molecule has 5 amide bonds. The molecule has 4 atom stereocenters. The van der Waals surface area contributed by atoms with Crippen LogP contribution in [0.4, 0.5) is 0 Å². The molecule has 3 aromatic carbocycles. The highest BCUT2D eigenvalue weighted by Gasteiger charge is 2.32. The molecule has 1 heterocycles. The first kappa shape index (κ1) is 42.8. The highest BCUT2D eigenvalue weighted by Crippen LogP contribution is 2.15. The van der Waals surface area contributed by atoms with Crippen LogP contribution < -0.4 is 49.5 Å². The van der Waals surface area contributed by atoms with Crippen molar-refractivity contribution in [2.45, 2.75) is 62.7 Å². The number of rotatable bonds is 14. The van der Waals surface area contributed by atoms with Gasteiger partial charge in [0.15, 0.2) is 17.7 Å². The van der Waals surface area contributed by atoms with E-state index in [2.05, 4.69) is 36.6 Å². The van der Waals surface area contributed by atoms with E-state index in [4.69, 9.17) is 22.9 Å². The van der Waals surface area contributed by atoms with Gasteiger partial charge in [0.1, 0.15) is 29.9 Å². The van der Waals surface area contributed by atoms with Gasteiger partial charge in [0.2, 0.25) is 29.5 Å². The Bertz CT molecular complexity index is 1930. The van der Waals surface area contributed by atoms with Crippen LogP contribution in [0.3, 0.4) is 0 Å². The molecule has 0 spiro atoms. The lowest BCUT2D eigenvalue weighted by atomic mass is 9.99. The van der Waals surface area contributed by atoms with Gasteiger partial charge in [-0.3, -0.25) is 38.8 Å². The van der Waals surface area contributed by atoms with Gasteiger partial charge in [-0.1, -0.05) is 66.7 Å². The van der Waals surface area contributed by atoms with Crippen LogP contribution in [0.15, 0.2) is 88.8 Å². The number of benzene rings is 3. The normalized spacial score (nSPS) is 19.3. The van der Waals surface area contributed by atoms with Gasteiger partial charge in [-0.25, -0.2) is 0 Å². The summed E-state index contributed by atoms with van der Waals surface area (Å²) in [6.45, 7) is -0.295. The zero-order chi connectivity index (χ0) is 41.3. The van der Waals surface area contributed by atoms with Crippen LogP contribution in [0.2, 0.25) is 0 Å². The topological polar surface area (TPSA) is 312 Å². The van der Waals surface area contributed by atoms with Crippen molar-refractivity contribution >= 4 is 47.2 Å². The highest BCUT2D eigenvalue weighted by atomic mass is 16.3. The lowest BCUT2D eigenvalue weighted by molar-refractivity contribution is -0.134. The van der Waals surface area contributed by atoms with E-state index in [9.17, 15) is 33.9 Å². The molecule has 1 aliphatic rings. The summed E-state index contributed by atoms with van der Waals surface area (Å²) in [6, 6.07) is 16.4. The van der Waals surface area contributed by atoms with Gasteiger partial charge in [-0.2, -0.15) is 0 Å². The molecule has 1 saturated heterocycles. The number of nitrogens with one attached hydrogen (secondary N) is 5. The van der Waals surface area contributed by atoms with Gasteiger partial charge < -0.3 is 54.6 Å². The average Bonchev–Trinajstić information content (AvgIpc) is 3.19. The molecule has 4 rings (SSSR count). The third-order valence-corrected chi connectivity index (χ3v) is 8.93. The fraction of sp³-hybridized carbons (Fsp3) is 0.333. The molecule has 302 valence electrons. The number of ketones is 1. The van der Waals surface area contributed by atoms with Gasteiger partial charge in [0, 0.05) is 37.1 Å². The number of phenolic OH excluding ortho intramolecular Hbond substituents is 1. The molecule has 0 aromatic heterocycles. The zero-order valence-electron chi connectivity index (χ0n) is 31.3. The summed E-state index contributed by atoms with van der Waals surface area (Å²) in [4.78, 5) is 89.6. The second-order valence-electron chi connectivity index (χ2n) is 13.4. The molecule has 0 saturated carbocycles. The number of amides is 5. The number of aromatic hydroxyl groups is 1. The number of aliphatic imine (C=N–C) groups is 2. The Morgan fingerprint density at radius 3 is 1.53 bits per heavy atom. The lowest BCUT2D eigenvalue weighted by Crippen LogP contribution is -2.58. The van der Waals surface area contributed by atoms with E-state index >= 15 is 0 Å². The number of nitrogens with zero attached hydrogens (tertiary/aromatic N) is 2. The standard InChI is InChI=1S/C39H49N11O7/c40-38(41)44-18-4-8-28-35(55)48-29(9-5-19-45-39(42)43)36(56)50-30(20-23-10-14-26(15-11-23)33(53)25-6-2-1-3-7-25)34(54)46-22-32(52)47-31(37(57)49-28)21-24-12-16-27(51)17-13-24/h1-3,6-7,10-17,28-31,51H,4-5,8-9,18-22H2,(H,46,54)(H,47,52)(H,48,55)(H,49,57)(H,50,56)(H4,40,41,44)(H4,42,43,45)/t28-,29-,30-,31+/m0/s1. The van der Waals surface area contributed by atoms with Crippen LogP contribution in [0.1, 0.15) is 52.7 Å². The number of nitrogens with two attached hydrogens (primary N) is 4. The Labute approximate surface area is 329 Å². The Balaban J connectivity index is 1.65. The molecule has 1 aliphatic heterocycles. The van der Waals surface area contributed by atoms with E-state index in [1.807, 2.05) is 0 Å². The number of carbonyl (C=O) groups is 6. The minimum absolute atomic E-state index is 0.00304. The van der Waals surface area contributed by atoms with Gasteiger partial charge in [0.25, 0.3) is 0 Å². The first-order valence-corrected chi connectivity index (χ1v) is 18.3. The first-order chi connectivity index (χ1) is 27.3. The van der Waals surface area contributed by atoms with Crippen molar-refractivity contribution in [2.24, 2.45) is 32.9 Å². The fourth-order valence-electron chi connectivity index (χ4n) is 5.97. The second kappa shape index (κ2) is 21.2. The van der Waals surface area contributed by atoms with Crippen LogP contribution >= 0.6 is 0 Å². The van der Waals surface area contributed by atoms with Crippen molar-refractivity contribution in [3.63, 3.8) is 0 Å². The van der Waals surface area contributed by atoms with Gasteiger partial charge >= 0.3 is 0 Å². The van der Waals surface area contributed by atoms with E-state index in [0.29, 0.717) is 22.3 Å². The summed E-state index contributed by atoms with van der Waals surface area (Å²) in [5.41, 5.74) is 24.0. The third-order valence-electron chi connectivity index (χ3n) is 8.93. The summed E-state index contributed by atoms with van der Waals surface area (Å²) in [6.07, 6.45) is 0.498.